The van der Waals surface area contributed by atoms with E-state index in [1.165, 1.54) is 6.07 Å². The van der Waals surface area contributed by atoms with Crippen LogP contribution in [0, 0.1) is 46.6 Å². The maximum atomic E-state index is 15.8. The molecule has 0 radical (unpaired) electrons. The number of rotatable bonds is 5. The summed E-state index contributed by atoms with van der Waals surface area (Å²) in [7, 11) is 0. The highest BCUT2D eigenvalue weighted by Crippen LogP contribution is 2.51. The number of aromatic nitrogens is 5. The normalized spacial score (nSPS) is 27.0. The van der Waals surface area contributed by atoms with Gasteiger partial charge in [0.1, 0.15) is 22.6 Å². The molecule has 10 heteroatoms. The molecule has 2 N–H and O–H groups in total. The van der Waals surface area contributed by atoms with E-state index >= 15 is 4.39 Å². The van der Waals surface area contributed by atoms with Crippen molar-refractivity contribution in [1.82, 2.24) is 25.1 Å². The SMILES string of the molecule is N#CC1(c2nc(-c3[nH]nc4ncc(F)cc34)nc(CC3C4CCC(CC4)C3C(=O)O)c2F)CC1. The van der Waals surface area contributed by atoms with Gasteiger partial charge in [0.05, 0.1) is 29.3 Å². The fourth-order valence-electron chi connectivity index (χ4n) is 6.11. The van der Waals surface area contributed by atoms with Crippen molar-refractivity contribution in [1.29, 1.82) is 5.26 Å². The highest BCUT2D eigenvalue weighted by molar-refractivity contribution is 5.88. The maximum absolute atomic E-state index is 15.8. The summed E-state index contributed by atoms with van der Waals surface area (Å²) >= 11 is 0. The minimum Gasteiger partial charge on any atom is -0.481 e. The molecule has 2 atom stereocenters. The summed E-state index contributed by atoms with van der Waals surface area (Å²) in [6.07, 6.45) is 5.83. The van der Waals surface area contributed by atoms with Crippen molar-refractivity contribution in [2.45, 2.75) is 50.4 Å². The molecule has 174 valence electrons. The van der Waals surface area contributed by atoms with Crippen LogP contribution in [0.3, 0.4) is 0 Å². The summed E-state index contributed by atoms with van der Waals surface area (Å²) in [6.45, 7) is 0. The number of aromatic amines is 1. The number of nitrogens with zero attached hydrogens (tertiary/aromatic N) is 5. The number of pyridine rings is 1. The quantitative estimate of drug-likeness (QED) is 0.585. The van der Waals surface area contributed by atoms with Gasteiger partial charge in [-0.25, -0.2) is 23.7 Å². The van der Waals surface area contributed by atoms with Crippen LogP contribution < -0.4 is 0 Å². The fraction of sp³-hybridized carbons (Fsp3) is 0.500. The van der Waals surface area contributed by atoms with Gasteiger partial charge >= 0.3 is 5.97 Å². The number of carboxylic acid groups (broad SMARTS) is 1. The Balaban J connectivity index is 1.48. The second kappa shape index (κ2) is 7.52. The lowest BCUT2D eigenvalue weighted by atomic mass is 9.57. The van der Waals surface area contributed by atoms with Crippen LogP contribution in [0.4, 0.5) is 8.78 Å². The van der Waals surface area contributed by atoms with E-state index in [1.807, 2.05) is 0 Å². The summed E-state index contributed by atoms with van der Waals surface area (Å²) in [5.74, 6) is -2.41. The molecular weight excluding hydrogens is 442 g/mol. The van der Waals surface area contributed by atoms with Crippen molar-refractivity contribution >= 4 is 17.0 Å². The first kappa shape index (κ1) is 21.1. The predicted octanol–water partition coefficient (Wildman–Crippen LogP) is 3.93. The number of hydrogen-bond acceptors (Lipinski definition) is 6. The standard InChI is InChI=1S/C24H22F2N6O2/c25-13-7-15-19(31-32-21(15)28-9-13)22-29-16(18(26)20(30-22)24(10-27)5-6-24)8-14-11-1-3-12(4-2-11)17(14)23(33)34/h7,9,11-12,14,17H,1-6,8H2,(H,33,34)(H,28,31,32). The van der Waals surface area contributed by atoms with Crippen LogP contribution in [0.25, 0.3) is 22.6 Å². The summed E-state index contributed by atoms with van der Waals surface area (Å²) in [6, 6.07) is 3.45. The first-order valence-corrected chi connectivity index (χ1v) is 11.6. The molecule has 4 saturated carbocycles. The van der Waals surface area contributed by atoms with E-state index < -0.39 is 28.9 Å². The Morgan fingerprint density at radius 3 is 2.62 bits per heavy atom. The minimum atomic E-state index is -1.02. The van der Waals surface area contributed by atoms with Crippen molar-refractivity contribution < 1.29 is 18.7 Å². The number of carbonyl (C=O) groups is 1. The third kappa shape index (κ3) is 3.17. The second-order valence-corrected chi connectivity index (χ2v) is 9.88. The van der Waals surface area contributed by atoms with Crippen LogP contribution in [-0.2, 0) is 16.6 Å². The number of nitrogens with one attached hydrogen (secondary N) is 1. The van der Waals surface area contributed by atoms with Gasteiger partial charge < -0.3 is 5.11 Å². The number of fused-ring (bicyclic) bond motifs is 4. The average Bonchev–Trinajstić information content (AvgIpc) is 3.53. The third-order valence-corrected chi connectivity index (χ3v) is 8.04. The smallest absolute Gasteiger partial charge is 0.307 e. The van der Waals surface area contributed by atoms with E-state index in [0.29, 0.717) is 18.2 Å². The molecule has 0 saturated heterocycles. The molecule has 0 amide bonds. The van der Waals surface area contributed by atoms with Gasteiger partial charge in [0.25, 0.3) is 0 Å². The summed E-state index contributed by atoms with van der Waals surface area (Å²) < 4.78 is 29.7. The molecule has 0 aliphatic heterocycles. The van der Waals surface area contributed by atoms with Crippen molar-refractivity contribution in [3.05, 3.63) is 35.3 Å². The Labute approximate surface area is 193 Å². The topological polar surface area (TPSA) is 128 Å². The molecule has 2 unspecified atom stereocenters. The van der Waals surface area contributed by atoms with Gasteiger partial charge in [-0.05, 0) is 68.8 Å². The van der Waals surface area contributed by atoms with Crippen LogP contribution >= 0.6 is 0 Å². The van der Waals surface area contributed by atoms with Gasteiger partial charge in [-0.1, -0.05) is 0 Å². The van der Waals surface area contributed by atoms with Gasteiger partial charge in [-0.3, -0.25) is 9.89 Å². The van der Waals surface area contributed by atoms with Crippen LogP contribution in [0.5, 0.6) is 0 Å². The van der Waals surface area contributed by atoms with Gasteiger partial charge in [-0.2, -0.15) is 10.4 Å². The van der Waals surface area contributed by atoms with E-state index in [9.17, 15) is 19.6 Å². The molecule has 3 aromatic rings. The van der Waals surface area contributed by atoms with Crippen molar-refractivity contribution in [2.24, 2.45) is 23.7 Å². The lowest BCUT2D eigenvalue weighted by Gasteiger charge is -2.46. The molecule has 4 aliphatic rings. The fourth-order valence-corrected chi connectivity index (χ4v) is 6.11. The molecule has 2 bridgehead atoms. The molecule has 3 heterocycles. The zero-order valence-electron chi connectivity index (χ0n) is 18.3. The lowest BCUT2D eigenvalue weighted by molar-refractivity contribution is -0.152. The number of halogens is 2. The largest absolute Gasteiger partial charge is 0.481 e. The first-order valence-electron chi connectivity index (χ1n) is 11.6. The molecule has 8 nitrogen and oxygen atoms in total. The Bertz CT molecular complexity index is 1350. The van der Waals surface area contributed by atoms with Crippen LogP contribution in [0.2, 0.25) is 0 Å². The Morgan fingerprint density at radius 1 is 1.21 bits per heavy atom. The monoisotopic (exact) mass is 464 g/mol. The molecule has 4 fully saturated rings. The van der Waals surface area contributed by atoms with E-state index in [2.05, 4.69) is 31.2 Å². The molecule has 4 aliphatic carbocycles. The second-order valence-electron chi connectivity index (χ2n) is 9.88. The molecule has 7 rings (SSSR count). The van der Waals surface area contributed by atoms with Crippen LogP contribution in [0.1, 0.15) is 49.9 Å². The first-order chi connectivity index (χ1) is 16.4. The molecule has 34 heavy (non-hydrogen) atoms. The maximum Gasteiger partial charge on any atom is 0.307 e. The number of aliphatic carboxylic acids is 1. The van der Waals surface area contributed by atoms with Crippen molar-refractivity contribution in [3.8, 4) is 17.6 Å². The third-order valence-electron chi connectivity index (χ3n) is 8.04. The Morgan fingerprint density at radius 2 is 1.94 bits per heavy atom. The summed E-state index contributed by atoms with van der Waals surface area (Å²) in [4.78, 5) is 25.0. The van der Waals surface area contributed by atoms with Gasteiger partial charge in [0.2, 0.25) is 0 Å². The summed E-state index contributed by atoms with van der Waals surface area (Å²) in [5.41, 5.74) is -0.330. The van der Waals surface area contributed by atoms with Gasteiger partial charge in [0.15, 0.2) is 17.3 Å². The average molecular weight is 464 g/mol. The summed E-state index contributed by atoms with van der Waals surface area (Å²) in [5, 5.41) is 26.9. The van der Waals surface area contributed by atoms with Crippen LogP contribution in [0.15, 0.2) is 12.3 Å². The number of nitriles is 1. The lowest BCUT2D eigenvalue weighted by Crippen LogP contribution is -2.45. The van der Waals surface area contributed by atoms with Gasteiger partial charge in [-0.15, -0.1) is 0 Å². The molecular formula is C24H22F2N6O2. The Kier molecular flexibility index (Phi) is 4.66. The number of hydrogen-bond donors (Lipinski definition) is 2. The van der Waals surface area contributed by atoms with E-state index in [0.717, 1.165) is 31.9 Å². The number of H-pyrrole nitrogens is 1. The molecule has 0 spiro atoms. The zero-order chi connectivity index (χ0) is 23.6. The van der Waals surface area contributed by atoms with E-state index in [1.54, 1.807) is 0 Å². The highest BCUT2D eigenvalue weighted by atomic mass is 19.1. The number of carboxylic acids is 1. The predicted molar refractivity (Wildman–Crippen MR) is 115 cm³/mol. The van der Waals surface area contributed by atoms with E-state index in [-0.39, 0.29) is 52.7 Å². The van der Waals surface area contributed by atoms with Gasteiger partial charge in [0, 0.05) is 0 Å². The zero-order valence-corrected chi connectivity index (χ0v) is 18.3. The van der Waals surface area contributed by atoms with E-state index in [4.69, 9.17) is 0 Å². The molecule has 0 aromatic carbocycles. The Hall–Kier alpha value is -3.48. The minimum absolute atomic E-state index is 0.0231. The van der Waals surface area contributed by atoms with Crippen molar-refractivity contribution in [2.75, 3.05) is 0 Å². The van der Waals surface area contributed by atoms with Crippen LogP contribution in [-0.4, -0.2) is 36.2 Å². The highest BCUT2D eigenvalue weighted by Gasteiger charge is 2.51. The van der Waals surface area contributed by atoms with Crippen molar-refractivity contribution in [3.63, 3.8) is 0 Å². The molecule has 3 aromatic heterocycles.